The molecule has 1 aliphatic heterocycles. The molecule has 1 saturated heterocycles. The van der Waals surface area contributed by atoms with E-state index in [2.05, 4.69) is 27.7 Å². The van der Waals surface area contributed by atoms with E-state index in [1.165, 1.54) is 16.2 Å². The number of hydrogen-bond acceptors (Lipinski definition) is 6. The first-order chi connectivity index (χ1) is 14.5. The van der Waals surface area contributed by atoms with E-state index in [-0.39, 0.29) is 41.9 Å². The highest BCUT2D eigenvalue weighted by molar-refractivity contribution is 7.15. The van der Waals surface area contributed by atoms with Crippen molar-refractivity contribution < 1.29 is 14.4 Å². The summed E-state index contributed by atoms with van der Waals surface area (Å²) >= 11 is 1.26. The number of aryl methyl sites for hydroxylation is 1. The second-order valence-electron chi connectivity index (χ2n) is 8.21. The smallest absolute Gasteiger partial charge is 0.249 e. The number of rotatable bonds is 5. The molecule has 1 aromatic heterocycles. The minimum absolute atomic E-state index is 0.0905. The number of imide groups is 1. The van der Waals surface area contributed by atoms with E-state index >= 15 is 0 Å². The highest BCUT2D eigenvalue weighted by atomic mass is 32.1. The number of benzene rings is 1. The van der Waals surface area contributed by atoms with Gasteiger partial charge in [0.05, 0.1) is 11.8 Å². The molecule has 1 saturated carbocycles. The Morgan fingerprint density at radius 1 is 1.10 bits per heavy atom. The monoisotopic (exact) mass is 422 g/mol. The molecule has 1 N–H and O–H groups in total. The summed E-state index contributed by atoms with van der Waals surface area (Å²) in [6.07, 6.45) is 6.29. The number of anilines is 1. The Hall–Kier alpha value is -2.87. The average molecular weight is 423 g/mol. The van der Waals surface area contributed by atoms with Gasteiger partial charge in [-0.05, 0) is 37.2 Å². The summed E-state index contributed by atoms with van der Waals surface area (Å²) in [7, 11) is 0. The fraction of sp³-hybridized carbons (Fsp3) is 0.409. The van der Waals surface area contributed by atoms with E-state index in [9.17, 15) is 14.4 Å². The third-order valence-electron chi connectivity index (χ3n) is 6.44. The number of carbonyl (C=O) groups is 3. The molecule has 4 aliphatic rings. The lowest BCUT2D eigenvalue weighted by atomic mass is 9.63. The van der Waals surface area contributed by atoms with E-state index in [1.54, 1.807) is 6.92 Å². The molecule has 2 bridgehead atoms. The van der Waals surface area contributed by atoms with Gasteiger partial charge in [-0.1, -0.05) is 53.8 Å². The molecule has 3 aliphatic carbocycles. The maximum Gasteiger partial charge on any atom is 0.249 e. The van der Waals surface area contributed by atoms with Crippen LogP contribution in [0.1, 0.15) is 23.4 Å². The highest BCUT2D eigenvalue weighted by Crippen LogP contribution is 2.50. The molecule has 2 heterocycles. The summed E-state index contributed by atoms with van der Waals surface area (Å²) in [5, 5.41) is 11.7. The predicted molar refractivity (Wildman–Crippen MR) is 111 cm³/mol. The van der Waals surface area contributed by atoms with Crippen LogP contribution in [0.25, 0.3) is 0 Å². The Bertz CT molecular complexity index is 1000. The van der Waals surface area contributed by atoms with Crippen molar-refractivity contribution in [2.24, 2.45) is 23.7 Å². The van der Waals surface area contributed by atoms with Crippen molar-refractivity contribution in [2.75, 3.05) is 5.32 Å². The normalized spacial score (nSPS) is 28.0. The number of carbonyl (C=O) groups excluding carboxylic acids is 3. The third-order valence-corrected chi connectivity index (χ3v) is 7.19. The van der Waals surface area contributed by atoms with Gasteiger partial charge in [0.1, 0.15) is 11.0 Å². The lowest BCUT2D eigenvalue weighted by molar-refractivity contribution is -0.146. The van der Waals surface area contributed by atoms with Gasteiger partial charge in [0.2, 0.25) is 22.9 Å². The van der Waals surface area contributed by atoms with Gasteiger partial charge in [0.25, 0.3) is 0 Å². The zero-order chi connectivity index (χ0) is 20.8. The molecule has 3 amide bonds. The Morgan fingerprint density at radius 3 is 2.27 bits per heavy atom. The van der Waals surface area contributed by atoms with Gasteiger partial charge in [-0.3, -0.25) is 24.6 Å². The Kier molecular flexibility index (Phi) is 4.73. The molecule has 2 aromatic rings. The van der Waals surface area contributed by atoms with Gasteiger partial charge in [0, 0.05) is 6.42 Å². The first kappa shape index (κ1) is 19.1. The van der Waals surface area contributed by atoms with Gasteiger partial charge in [-0.25, -0.2) is 0 Å². The topological polar surface area (TPSA) is 92.3 Å². The number of allylic oxidation sites excluding steroid dienone is 2. The summed E-state index contributed by atoms with van der Waals surface area (Å²) in [5.74, 6) is -1.33. The fourth-order valence-corrected chi connectivity index (χ4v) is 5.67. The molecule has 6 rings (SSSR count). The summed E-state index contributed by atoms with van der Waals surface area (Å²) in [6, 6.07) is 8.55. The lowest BCUT2D eigenvalue weighted by Gasteiger charge is -2.38. The molecule has 0 unspecified atom stereocenters. The summed E-state index contributed by atoms with van der Waals surface area (Å²) in [4.78, 5) is 41.3. The zero-order valence-corrected chi connectivity index (χ0v) is 17.3. The van der Waals surface area contributed by atoms with Crippen LogP contribution in [0.2, 0.25) is 0 Å². The zero-order valence-electron chi connectivity index (χ0n) is 16.5. The number of nitrogens with one attached hydrogen (secondary N) is 1. The Morgan fingerprint density at radius 2 is 1.73 bits per heavy atom. The SMILES string of the molecule is Cc1nnc(NC(=O)[C@@H](Cc2ccccc2)N2C(=O)[C@@H]3[C@H](C2=O)[C@H]2C=C[C@H]3CC2)s1. The maximum atomic E-state index is 13.4. The molecular formula is C22H22N4O3S. The number of likely N-dealkylation sites (tertiary alicyclic amines) is 1. The number of fused-ring (bicyclic) bond motifs is 1. The molecule has 8 heteroatoms. The molecular weight excluding hydrogens is 400 g/mol. The Labute approximate surface area is 178 Å². The van der Waals surface area contributed by atoms with Crippen molar-refractivity contribution >= 4 is 34.2 Å². The van der Waals surface area contributed by atoms with Crippen LogP contribution in [-0.4, -0.2) is 38.9 Å². The lowest BCUT2D eigenvalue weighted by Crippen LogP contribution is -2.49. The van der Waals surface area contributed by atoms with E-state index in [0.29, 0.717) is 5.13 Å². The first-order valence-corrected chi connectivity index (χ1v) is 11.0. The van der Waals surface area contributed by atoms with Crippen LogP contribution in [-0.2, 0) is 20.8 Å². The van der Waals surface area contributed by atoms with Crippen LogP contribution in [0, 0.1) is 30.6 Å². The average Bonchev–Trinajstić information content (AvgIpc) is 3.29. The van der Waals surface area contributed by atoms with E-state index in [1.807, 2.05) is 30.3 Å². The molecule has 1 aromatic carbocycles. The third kappa shape index (κ3) is 3.15. The van der Waals surface area contributed by atoms with Crippen LogP contribution in [0.15, 0.2) is 42.5 Å². The van der Waals surface area contributed by atoms with Crippen LogP contribution in [0.5, 0.6) is 0 Å². The first-order valence-electron chi connectivity index (χ1n) is 10.2. The van der Waals surface area contributed by atoms with Crippen molar-refractivity contribution in [1.29, 1.82) is 0 Å². The molecule has 0 radical (unpaired) electrons. The standard InChI is InChI=1S/C22H22N4O3S/c1-12-24-25-22(30-12)23-19(27)16(11-13-5-3-2-4-6-13)26-20(28)17-14-7-8-15(10-9-14)18(17)21(26)29/h2-8,14-18H,9-11H2,1H3,(H,23,25,27)/t14-,15-,16+,17-,18+/m0/s1. The van der Waals surface area contributed by atoms with Crippen LogP contribution in [0.3, 0.4) is 0 Å². The van der Waals surface area contributed by atoms with Crippen molar-refractivity contribution in [2.45, 2.75) is 32.2 Å². The van der Waals surface area contributed by atoms with Crippen molar-refractivity contribution in [3.8, 4) is 0 Å². The van der Waals surface area contributed by atoms with Gasteiger partial charge in [-0.15, -0.1) is 10.2 Å². The molecule has 2 fully saturated rings. The van der Waals surface area contributed by atoms with Crippen LogP contribution in [0.4, 0.5) is 5.13 Å². The van der Waals surface area contributed by atoms with Crippen molar-refractivity contribution in [1.82, 2.24) is 15.1 Å². The minimum Gasteiger partial charge on any atom is -0.299 e. The summed E-state index contributed by atoms with van der Waals surface area (Å²) in [6.45, 7) is 1.80. The van der Waals surface area contributed by atoms with E-state index in [0.717, 1.165) is 23.4 Å². The highest BCUT2D eigenvalue weighted by Gasteiger charge is 2.58. The number of aromatic nitrogens is 2. The second-order valence-corrected chi connectivity index (χ2v) is 9.39. The number of amides is 3. The molecule has 30 heavy (non-hydrogen) atoms. The largest absolute Gasteiger partial charge is 0.299 e. The van der Waals surface area contributed by atoms with Crippen molar-refractivity contribution in [3.05, 3.63) is 53.1 Å². The van der Waals surface area contributed by atoms with Crippen LogP contribution < -0.4 is 5.32 Å². The van der Waals surface area contributed by atoms with Gasteiger partial charge >= 0.3 is 0 Å². The molecule has 5 atom stereocenters. The van der Waals surface area contributed by atoms with Crippen LogP contribution >= 0.6 is 11.3 Å². The number of hydrogen-bond donors (Lipinski definition) is 1. The number of nitrogens with zero attached hydrogens (tertiary/aromatic N) is 3. The second kappa shape index (κ2) is 7.43. The van der Waals surface area contributed by atoms with Gasteiger partial charge in [0.15, 0.2) is 0 Å². The molecule has 0 spiro atoms. The van der Waals surface area contributed by atoms with E-state index < -0.39 is 11.9 Å². The van der Waals surface area contributed by atoms with Gasteiger partial charge < -0.3 is 0 Å². The predicted octanol–water partition coefficient (Wildman–Crippen LogP) is 2.59. The van der Waals surface area contributed by atoms with E-state index in [4.69, 9.17) is 0 Å². The fourth-order valence-electron chi connectivity index (χ4n) is 5.08. The maximum absolute atomic E-state index is 13.4. The summed E-state index contributed by atoms with van der Waals surface area (Å²) < 4.78 is 0. The Balaban J connectivity index is 1.47. The molecule has 7 nitrogen and oxygen atoms in total. The summed E-state index contributed by atoms with van der Waals surface area (Å²) in [5.41, 5.74) is 0.891. The van der Waals surface area contributed by atoms with Crippen molar-refractivity contribution in [3.63, 3.8) is 0 Å². The van der Waals surface area contributed by atoms with Gasteiger partial charge in [-0.2, -0.15) is 0 Å². The minimum atomic E-state index is -0.915. The quantitative estimate of drug-likeness (QED) is 0.591. The molecule has 154 valence electrons.